The van der Waals surface area contributed by atoms with E-state index in [1.54, 1.807) is 0 Å². The van der Waals surface area contributed by atoms with Crippen LogP contribution in [0, 0.1) is 0 Å². The Labute approximate surface area is 161 Å². The molecule has 0 saturated carbocycles. The van der Waals surface area contributed by atoms with E-state index in [1.807, 2.05) is 0 Å². The van der Waals surface area contributed by atoms with Gasteiger partial charge in [0.05, 0.1) is 19.1 Å². The number of carbonyl (C=O) groups excluding carboxylic acids is 2. The number of hydrogen-bond acceptors (Lipinski definition) is 8. The summed E-state index contributed by atoms with van der Waals surface area (Å²) in [6, 6.07) is 1.91. The van der Waals surface area contributed by atoms with Gasteiger partial charge in [-0.25, -0.2) is 4.79 Å². The molecule has 1 heterocycles. The Bertz CT molecular complexity index is 764. The molecule has 1 amide bonds. The quantitative estimate of drug-likeness (QED) is 0.330. The van der Waals surface area contributed by atoms with Gasteiger partial charge in [-0.2, -0.15) is 0 Å². The normalized spacial score (nSPS) is 14.9. The molecule has 10 nitrogen and oxygen atoms in total. The van der Waals surface area contributed by atoms with Gasteiger partial charge >= 0.3 is 13.1 Å². The van der Waals surface area contributed by atoms with E-state index in [4.69, 9.17) is 20.5 Å². The van der Waals surface area contributed by atoms with Crippen molar-refractivity contribution >= 4 is 24.8 Å². The molecule has 11 heteroatoms. The van der Waals surface area contributed by atoms with Crippen molar-refractivity contribution in [2.45, 2.75) is 38.2 Å². The Kier molecular flexibility index (Phi) is 7.00. The third-order valence-electron chi connectivity index (χ3n) is 4.39. The molecule has 28 heavy (non-hydrogen) atoms. The fourth-order valence-electron chi connectivity index (χ4n) is 2.91. The summed E-state index contributed by atoms with van der Waals surface area (Å²) in [4.78, 5) is 36.1. The van der Waals surface area contributed by atoms with Crippen molar-refractivity contribution in [1.29, 1.82) is 0 Å². The highest BCUT2D eigenvalue weighted by atomic mass is 16.5. The van der Waals surface area contributed by atoms with Gasteiger partial charge in [-0.15, -0.1) is 0 Å². The number of likely N-dealkylation sites (tertiary alicyclic amines) is 1. The van der Waals surface area contributed by atoms with E-state index in [9.17, 15) is 24.6 Å². The van der Waals surface area contributed by atoms with Crippen molar-refractivity contribution in [2.75, 3.05) is 13.1 Å². The topological polar surface area (TPSA) is 171 Å². The van der Waals surface area contributed by atoms with Crippen LogP contribution in [0.2, 0.25) is 6.32 Å². The van der Waals surface area contributed by atoms with Crippen LogP contribution in [0.25, 0.3) is 0 Å². The van der Waals surface area contributed by atoms with E-state index in [0.717, 1.165) is 0 Å². The van der Waals surface area contributed by atoms with Crippen LogP contribution in [0.5, 0.6) is 11.5 Å². The van der Waals surface area contributed by atoms with Crippen LogP contribution in [-0.2, 0) is 16.0 Å². The fraction of sp³-hybridized carbons (Fsp3) is 0.471. The molecule has 1 aliphatic rings. The molecular weight excluding hydrogens is 371 g/mol. The maximum atomic E-state index is 12.1. The summed E-state index contributed by atoms with van der Waals surface area (Å²) in [6.07, 6.45) is -0.519. The van der Waals surface area contributed by atoms with E-state index in [1.165, 1.54) is 24.0 Å². The molecule has 0 spiro atoms. The van der Waals surface area contributed by atoms with Crippen molar-refractivity contribution in [2.24, 2.45) is 5.73 Å². The second-order valence-corrected chi connectivity index (χ2v) is 6.77. The fourth-order valence-corrected chi connectivity index (χ4v) is 2.91. The zero-order valence-electron chi connectivity index (χ0n) is 15.4. The second kappa shape index (κ2) is 9.04. The van der Waals surface area contributed by atoms with Gasteiger partial charge in [-0.3, -0.25) is 9.59 Å². The first-order chi connectivity index (χ1) is 13.1. The van der Waals surface area contributed by atoms with Gasteiger partial charge in [0.2, 0.25) is 5.91 Å². The van der Waals surface area contributed by atoms with Crippen LogP contribution in [0.1, 0.15) is 29.3 Å². The summed E-state index contributed by atoms with van der Waals surface area (Å²) in [6.45, 7) is 1.71. The van der Waals surface area contributed by atoms with Gasteiger partial charge in [0, 0.05) is 6.42 Å². The van der Waals surface area contributed by atoms with Crippen molar-refractivity contribution in [1.82, 2.24) is 4.90 Å². The molecule has 1 aromatic rings. The number of phenols is 1. The van der Waals surface area contributed by atoms with Gasteiger partial charge in [0.15, 0.2) is 0 Å². The molecule has 0 radical (unpaired) electrons. The number of ether oxygens (including phenoxy) is 1. The highest BCUT2D eigenvalue weighted by Gasteiger charge is 2.36. The Morgan fingerprint density at radius 2 is 1.96 bits per heavy atom. The lowest BCUT2D eigenvalue weighted by atomic mass is 9.82. The third kappa shape index (κ3) is 5.21. The number of nitrogens with zero attached hydrogens (tertiary/aromatic N) is 1. The lowest BCUT2D eigenvalue weighted by Gasteiger charge is -2.40. The summed E-state index contributed by atoms with van der Waals surface area (Å²) >= 11 is 0. The summed E-state index contributed by atoms with van der Waals surface area (Å²) in [5.74, 6) is -2.52. The van der Waals surface area contributed by atoms with E-state index in [-0.39, 0.29) is 55.3 Å². The number of aryl methyl sites for hydroxylation is 1. The lowest BCUT2D eigenvalue weighted by Crippen LogP contribution is -2.60. The summed E-state index contributed by atoms with van der Waals surface area (Å²) in [5, 5.41) is 37.5. The number of Topliss-reactive ketones (excluding diaryl/α,β-unsaturated/α-hetero) is 1. The monoisotopic (exact) mass is 394 g/mol. The smallest absolute Gasteiger partial charge is 0.451 e. The summed E-state index contributed by atoms with van der Waals surface area (Å²) < 4.78 is 5.60. The van der Waals surface area contributed by atoms with Crippen LogP contribution in [0.15, 0.2) is 12.1 Å². The second-order valence-electron chi connectivity index (χ2n) is 6.77. The zero-order chi connectivity index (χ0) is 21.0. The Balaban J connectivity index is 2.03. The highest BCUT2D eigenvalue weighted by molar-refractivity contribution is 6.41. The average Bonchev–Trinajstić information content (AvgIpc) is 2.55. The van der Waals surface area contributed by atoms with Gasteiger partial charge in [0.25, 0.3) is 0 Å². The number of carboxylic acid groups (broad SMARTS) is 1. The third-order valence-corrected chi connectivity index (χ3v) is 4.39. The maximum Gasteiger partial charge on any atom is 0.451 e. The SMILES string of the molecule is CC(=O)C[C@@H](N)C(=O)N1CC(Oc2ccc(CCB(O)O)c(O)c2C(=O)O)C1. The lowest BCUT2D eigenvalue weighted by molar-refractivity contribution is -0.142. The molecule has 2 rings (SSSR count). The molecule has 1 saturated heterocycles. The minimum absolute atomic E-state index is 0.0524. The average molecular weight is 394 g/mol. The number of rotatable bonds is 9. The van der Waals surface area contributed by atoms with Crippen LogP contribution < -0.4 is 10.5 Å². The molecule has 1 aliphatic heterocycles. The molecular formula is C17H23BN2O8. The predicted octanol–water partition coefficient (Wildman–Crippen LogP) is -0.998. The van der Waals surface area contributed by atoms with Gasteiger partial charge in [-0.05, 0) is 31.3 Å². The molecule has 0 unspecified atom stereocenters. The molecule has 1 aromatic carbocycles. The van der Waals surface area contributed by atoms with Crippen LogP contribution in [0.4, 0.5) is 0 Å². The number of amides is 1. The van der Waals surface area contributed by atoms with Crippen LogP contribution >= 0.6 is 0 Å². The number of carboxylic acids is 1. The zero-order valence-corrected chi connectivity index (χ0v) is 15.4. The van der Waals surface area contributed by atoms with Crippen molar-refractivity contribution in [3.05, 3.63) is 23.3 Å². The number of carbonyl (C=O) groups is 3. The first-order valence-corrected chi connectivity index (χ1v) is 8.74. The van der Waals surface area contributed by atoms with Gasteiger partial charge < -0.3 is 35.6 Å². The van der Waals surface area contributed by atoms with Crippen molar-refractivity contribution < 1.29 is 39.4 Å². The number of aromatic carboxylic acids is 1. The molecule has 1 fully saturated rings. The summed E-state index contributed by atoms with van der Waals surface area (Å²) in [7, 11) is -1.57. The molecule has 152 valence electrons. The number of ketones is 1. The number of benzene rings is 1. The number of aromatic hydroxyl groups is 1. The Hall–Kier alpha value is -2.63. The Morgan fingerprint density at radius 1 is 1.32 bits per heavy atom. The molecule has 6 N–H and O–H groups in total. The predicted molar refractivity (Wildman–Crippen MR) is 98.0 cm³/mol. The number of hydrogen-bond donors (Lipinski definition) is 5. The van der Waals surface area contributed by atoms with Crippen molar-refractivity contribution in [3.63, 3.8) is 0 Å². The van der Waals surface area contributed by atoms with Crippen molar-refractivity contribution in [3.8, 4) is 11.5 Å². The van der Waals surface area contributed by atoms with Crippen LogP contribution in [-0.4, -0.2) is 75.2 Å². The number of nitrogens with two attached hydrogens (primary N) is 1. The summed E-state index contributed by atoms with van der Waals surface area (Å²) in [5.41, 5.74) is 5.50. The molecule has 0 aliphatic carbocycles. The standard InChI is InChI=1S/C17H23BN2O8/c1-9(21)6-12(19)16(23)20-7-11(8-20)28-13-3-2-10(4-5-18(26)27)15(22)14(13)17(24)25/h2-3,11-12,22,26-27H,4-8,19H2,1H3,(H,24,25)/t12-/m1/s1. The maximum absolute atomic E-state index is 12.1. The van der Waals surface area contributed by atoms with E-state index in [0.29, 0.717) is 0 Å². The van der Waals surface area contributed by atoms with Gasteiger partial charge in [0.1, 0.15) is 28.9 Å². The molecule has 1 atom stereocenters. The van der Waals surface area contributed by atoms with E-state index < -0.39 is 36.5 Å². The van der Waals surface area contributed by atoms with E-state index >= 15 is 0 Å². The molecule has 0 aromatic heterocycles. The molecule has 0 bridgehead atoms. The Morgan fingerprint density at radius 3 is 2.50 bits per heavy atom. The highest BCUT2D eigenvalue weighted by Crippen LogP contribution is 2.34. The minimum Gasteiger partial charge on any atom is -0.507 e. The van der Waals surface area contributed by atoms with Gasteiger partial charge in [-0.1, -0.05) is 6.07 Å². The van der Waals surface area contributed by atoms with E-state index in [2.05, 4.69) is 0 Å². The largest absolute Gasteiger partial charge is 0.507 e. The minimum atomic E-state index is -1.57. The first-order valence-electron chi connectivity index (χ1n) is 8.74. The first kappa shape index (κ1) is 21.7. The van der Waals surface area contributed by atoms with Crippen LogP contribution in [0.3, 0.4) is 0 Å².